The molecule has 1 saturated heterocycles. The average Bonchev–Trinajstić information content (AvgIpc) is 3.01. The van der Waals surface area contributed by atoms with Crippen molar-refractivity contribution < 1.29 is 13.7 Å². The van der Waals surface area contributed by atoms with Crippen LogP contribution >= 0.6 is 0 Å². The molecular weight excluding hydrogens is 313 g/mol. The normalized spacial score (nSPS) is 18.4. The minimum atomic E-state index is -0.636. The van der Waals surface area contributed by atoms with Crippen molar-refractivity contribution in [2.24, 2.45) is 0 Å². The largest absolute Gasteiger partial charge is 0.338 e. The summed E-state index contributed by atoms with van der Waals surface area (Å²) in [7, 11) is 1.91. The summed E-state index contributed by atoms with van der Waals surface area (Å²) in [6, 6.07) is 5.44. The first-order chi connectivity index (χ1) is 11.5. The van der Waals surface area contributed by atoms with Gasteiger partial charge in [-0.25, -0.2) is 4.39 Å². The molecule has 0 bridgehead atoms. The van der Waals surface area contributed by atoms with E-state index < -0.39 is 11.7 Å². The van der Waals surface area contributed by atoms with Gasteiger partial charge in [-0.05, 0) is 32.2 Å². The van der Waals surface area contributed by atoms with Crippen molar-refractivity contribution in [1.29, 1.82) is 5.26 Å². The lowest BCUT2D eigenvalue weighted by Gasteiger charge is -2.37. The molecule has 0 aliphatic carbocycles. The molecule has 1 aromatic heterocycles. The summed E-state index contributed by atoms with van der Waals surface area (Å²) < 4.78 is 19.2. The number of carbonyl (C=O) groups excluding carboxylic acids is 1. The van der Waals surface area contributed by atoms with Gasteiger partial charge < -0.3 is 9.42 Å². The number of hydrogen-bond donors (Lipinski definition) is 0. The Labute approximate surface area is 138 Å². The molecule has 0 radical (unpaired) electrons. The van der Waals surface area contributed by atoms with Crippen LogP contribution in [0.4, 0.5) is 4.39 Å². The quantitative estimate of drug-likeness (QED) is 0.830. The third-order valence-electron chi connectivity index (χ3n) is 4.09. The zero-order chi connectivity index (χ0) is 17.3. The number of likely N-dealkylation sites (N-methyl/N-ethyl adjacent to an activating group) is 1. The number of aryl methyl sites for hydroxylation is 1. The average molecular weight is 329 g/mol. The molecule has 0 saturated carbocycles. The van der Waals surface area contributed by atoms with Gasteiger partial charge in [-0.2, -0.15) is 10.2 Å². The lowest BCUT2D eigenvalue weighted by molar-refractivity contribution is 0.0485. The number of hydrogen-bond acceptors (Lipinski definition) is 6. The maximum atomic E-state index is 14.0. The fourth-order valence-corrected chi connectivity index (χ4v) is 2.70. The van der Waals surface area contributed by atoms with Gasteiger partial charge in [0.2, 0.25) is 5.89 Å². The lowest BCUT2D eigenvalue weighted by atomic mass is 10.1. The Morgan fingerprint density at radius 1 is 1.46 bits per heavy atom. The van der Waals surface area contributed by atoms with Crippen molar-refractivity contribution in [2.75, 3.05) is 26.7 Å². The van der Waals surface area contributed by atoms with E-state index in [0.29, 0.717) is 31.3 Å². The fraction of sp³-hybridized carbons (Fsp3) is 0.375. The molecule has 8 heteroatoms. The number of amides is 1. The summed E-state index contributed by atoms with van der Waals surface area (Å²) in [5, 5.41) is 12.7. The minimum absolute atomic E-state index is 0.0981. The maximum absolute atomic E-state index is 14.0. The van der Waals surface area contributed by atoms with E-state index in [4.69, 9.17) is 9.78 Å². The SMILES string of the molecule is Cc1noc(C2CN(C(=O)c3cc(C#N)ccc3F)CCN2C)n1. The molecular formula is C16H16FN5O2. The van der Waals surface area contributed by atoms with Gasteiger partial charge in [-0.1, -0.05) is 5.16 Å². The highest BCUT2D eigenvalue weighted by molar-refractivity contribution is 5.95. The van der Waals surface area contributed by atoms with Crippen molar-refractivity contribution in [1.82, 2.24) is 19.9 Å². The van der Waals surface area contributed by atoms with E-state index in [9.17, 15) is 9.18 Å². The molecule has 124 valence electrons. The van der Waals surface area contributed by atoms with Crippen molar-refractivity contribution in [3.8, 4) is 6.07 Å². The Bertz CT molecular complexity index is 813. The smallest absolute Gasteiger partial charge is 0.256 e. The molecule has 1 aromatic carbocycles. The first-order valence-corrected chi connectivity index (χ1v) is 7.49. The second-order valence-electron chi connectivity index (χ2n) is 5.73. The van der Waals surface area contributed by atoms with Crippen LogP contribution in [0.2, 0.25) is 0 Å². The number of carbonyl (C=O) groups is 1. The Hall–Kier alpha value is -2.79. The molecule has 0 N–H and O–H groups in total. The van der Waals surface area contributed by atoms with Crippen LogP contribution in [0.1, 0.15) is 33.7 Å². The highest BCUT2D eigenvalue weighted by atomic mass is 19.1. The number of aromatic nitrogens is 2. The van der Waals surface area contributed by atoms with Crippen LogP contribution in [0.15, 0.2) is 22.7 Å². The number of nitriles is 1. The van der Waals surface area contributed by atoms with Gasteiger partial charge in [0, 0.05) is 19.6 Å². The van der Waals surface area contributed by atoms with Crippen LogP contribution in [0.25, 0.3) is 0 Å². The monoisotopic (exact) mass is 329 g/mol. The Kier molecular flexibility index (Phi) is 4.27. The molecule has 1 fully saturated rings. The number of halogens is 1. The Balaban J connectivity index is 1.84. The molecule has 1 amide bonds. The minimum Gasteiger partial charge on any atom is -0.338 e. The molecule has 1 aliphatic rings. The summed E-state index contributed by atoms with van der Waals surface area (Å²) >= 11 is 0. The second kappa shape index (κ2) is 6.37. The first-order valence-electron chi connectivity index (χ1n) is 7.49. The Morgan fingerprint density at radius 3 is 2.92 bits per heavy atom. The molecule has 7 nitrogen and oxygen atoms in total. The van der Waals surface area contributed by atoms with Gasteiger partial charge in [-0.15, -0.1) is 0 Å². The van der Waals surface area contributed by atoms with Gasteiger partial charge in [0.1, 0.15) is 11.9 Å². The number of benzene rings is 1. The topological polar surface area (TPSA) is 86.3 Å². The third-order valence-corrected chi connectivity index (χ3v) is 4.09. The van der Waals surface area contributed by atoms with E-state index in [0.717, 1.165) is 6.07 Å². The predicted octanol–water partition coefficient (Wildman–Crippen LogP) is 1.52. The van der Waals surface area contributed by atoms with Gasteiger partial charge in [0.15, 0.2) is 5.82 Å². The van der Waals surface area contributed by atoms with Gasteiger partial charge >= 0.3 is 0 Å². The number of piperazine rings is 1. The summed E-state index contributed by atoms with van der Waals surface area (Å²) in [4.78, 5) is 20.4. The summed E-state index contributed by atoms with van der Waals surface area (Å²) in [6.45, 7) is 3.08. The van der Waals surface area contributed by atoms with E-state index in [1.807, 2.05) is 18.0 Å². The van der Waals surface area contributed by atoms with Crippen LogP contribution in [0, 0.1) is 24.1 Å². The van der Waals surface area contributed by atoms with Crippen molar-refractivity contribution in [3.63, 3.8) is 0 Å². The first kappa shape index (κ1) is 16.1. The lowest BCUT2D eigenvalue weighted by Crippen LogP contribution is -2.49. The number of nitrogens with zero attached hydrogens (tertiary/aromatic N) is 5. The molecule has 1 aliphatic heterocycles. The third kappa shape index (κ3) is 2.98. The highest BCUT2D eigenvalue weighted by Gasteiger charge is 2.33. The van der Waals surface area contributed by atoms with Crippen LogP contribution in [-0.4, -0.2) is 52.5 Å². The molecule has 1 atom stereocenters. The zero-order valence-electron chi connectivity index (χ0n) is 13.4. The highest BCUT2D eigenvalue weighted by Crippen LogP contribution is 2.24. The van der Waals surface area contributed by atoms with Crippen molar-refractivity contribution in [3.05, 3.63) is 46.9 Å². The van der Waals surface area contributed by atoms with Gasteiger partial charge in [0.05, 0.1) is 17.2 Å². The summed E-state index contributed by atoms with van der Waals surface area (Å²) in [6.07, 6.45) is 0. The van der Waals surface area contributed by atoms with Gasteiger partial charge in [0.25, 0.3) is 5.91 Å². The standard InChI is InChI=1S/C16H16FN5O2/c1-10-19-15(24-20-10)14-9-22(6-5-21(14)2)16(23)12-7-11(8-18)3-4-13(12)17/h3-4,7,14H,5-6,9H2,1-2H3. The summed E-state index contributed by atoms with van der Waals surface area (Å²) in [5.41, 5.74) is 0.150. The van der Waals surface area contributed by atoms with Crippen LogP contribution in [-0.2, 0) is 0 Å². The molecule has 2 aromatic rings. The predicted molar refractivity (Wildman–Crippen MR) is 81.4 cm³/mol. The van der Waals surface area contributed by atoms with Crippen LogP contribution < -0.4 is 0 Å². The van der Waals surface area contributed by atoms with Crippen molar-refractivity contribution in [2.45, 2.75) is 13.0 Å². The zero-order valence-corrected chi connectivity index (χ0v) is 13.4. The molecule has 2 heterocycles. The van der Waals surface area contributed by atoms with Gasteiger partial charge in [-0.3, -0.25) is 9.69 Å². The van der Waals surface area contributed by atoms with E-state index in [-0.39, 0.29) is 17.2 Å². The Morgan fingerprint density at radius 2 is 2.25 bits per heavy atom. The van der Waals surface area contributed by atoms with Crippen LogP contribution in [0.3, 0.4) is 0 Å². The maximum Gasteiger partial charge on any atom is 0.256 e. The van der Waals surface area contributed by atoms with E-state index in [2.05, 4.69) is 10.1 Å². The van der Waals surface area contributed by atoms with E-state index in [1.165, 1.54) is 12.1 Å². The molecule has 24 heavy (non-hydrogen) atoms. The molecule has 0 spiro atoms. The van der Waals surface area contributed by atoms with E-state index in [1.54, 1.807) is 11.8 Å². The van der Waals surface area contributed by atoms with Crippen molar-refractivity contribution >= 4 is 5.91 Å². The van der Waals surface area contributed by atoms with E-state index >= 15 is 0 Å². The number of rotatable bonds is 2. The molecule has 3 rings (SSSR count). The molecule has 1 unspecified atom stereocenters. The van der Waals surface area contributed by atoms with Crippen LogP contribution in [0.5, 0.6) is 0 Å². The fourth-order valence-electron chi connectivity index (χ4n) is 2.70. The second-order valence-corrected chi connectivity index (χ2v) is 5.73. The summed E-state index contributed by atoms with van der Waals surface area (Å²) in [5.74, 6) is -0.129.